The number of nitrogens with one attached hydrogen (secondary N) is 1. The maximum atomic E-state index is 11.9. The quantitative estimate of drug-likeness (QED) is 0.594. The highest BCUT2D eigenvalue weighted by molar-refractivity contribution is 6.02. The second-order valence-electron chi connectivity index (χ2n) is 7.11. The maximum absolute atomic E-state index is 11.9. The number of para-hydroxylation sites is 1. The first-order valence-corrected chi connectivity index (χ1v) is 9.27. The van der Waals surface area contributed by atoms with Gasteiger partial charge in [0.05, 0.1) is 5.69 Å². The fourth-order valence-electron chi connectivity index (χ4n) is 4.20. The number of aromatic amines is 1. The summed E-state index contributed by atoms with van der Waals surface area (Å²) in [7, 11) is 0. The van der Waals surface area contributed by atoms with Crippen molar-refractivity contribution in [3.8, 4) is 17.0 Å². The number of H-pyrrole nitrogens is 1. The van der Waals surface area contributed by atoms with Crippen LogP contribution in [-0.4, -0.2) is 27.6 Å². The number of phenols is 1. The van der Waals surface area contributed by atoms with Crippen molar-refractivity contribution in [2.24, 2.45) is 0 Å². The standard InChI is InChI=1S/C22H23NO3/c24-13-20(26)15-10-11-16-18(12-15)23-22(17-8-4-5-9-19(17)25)21(16)14-6-2-1-3-7-14/h4-5,8-12,14,23-25H,1-3,6-7,13H2. The van der Waals surface area contributed by atoms with Gasteiger partial charge in [0.1, 0.15) is 12.4 Å². The number of phenolic OH excluding ortho intramolecular Hbond substituents is 1. The lowest BCUT2D eigenvalue weighted by atomic mass is 9.81. The summed E-state index contributed by atoms with van der Waals surface area (Å²) in [5, 5.41) is 20.6. The lowest BCUT2D eigenvalue weighted by Crippen LogP contribution is -2.06. The molecule has 1 heterocycles. The van der Waals surface area contributed by atoms with Crippen LogP contribution in [0.4, 0.5) is 0 Å². The molecule has 26 heavy (non-hydrogen) atoms. The van der Waals surface area contributed by atoms with Crippen LogP contribution in [0.5, 0.6) is 5.75 Å². The van der Waals surface area contributed by atoms with Crippen LogP contribution in [0.25, 0.3) is 22.2 Å². The summed E-state index contributed by atoms with van der Waals surface area (Å²) in [5.74, 6) is 0.416. The number of fused-ring (bicyclic) bond motifs is 1. The van der Waals surface area contributed by atoms with Gasteiger partial charge < -0.3 is 15.2 Å². The molecule has 0 atom stereocenters. The molecule has 1 aliphatic carbocycles. The van der Waals surface area contributed by atoms with E-state index in [1.807, 2.05) is 30.3 Å². The molecule has 4 nitrogen and oxygen atoms in total. The first kappa shape index (κ1) is 16.9. The Bertz CT molecular complexity index is 951. The average Bonchev–Trinajstić information content (AvgIpc) is 3.06. The smallest absolute Gasteiger partial charge is 0.188 e. The van der Waals surface area contributed by atoms with Gasteiger partial charge >= 0.3 is 0 Å². The largest absolute Gasteiger partial charge is 0.507 e. The molecule has 134 valence electrons. The number of hydrogen-bond donors (Lipinski definition) is 3. The van der Waals surface area contributed by atoms with Crippen LogP contribution < -0.4 is 0 Å². The molecule has 4 rings (SSSR count). The first-order valence-electron chi connectivity index (χ1n) is 9.27. The van der Waals surface area contributed by atoms with Gasteiger partial charge in [-0.3, -0.25) is 4.79 Å². The highest BCUT2D eigenvalue weighted by atomic mass is 16.3. The number of carbonyl (C=O) groups is 1. The molecular weight excluding hydrogens is 326 g/mol. The number of aromatic hydroxyl groups is 1. The van der Waals surface area contributed by atoms with Gasteiger partial charge in [0.25, 0.3) is 0 Å². The fourth-order valence-corrected chi connectivity index (χ4v) is 4.20. The van der Waals surface area contributed by atoms with Crippen LogP contribution in [0.3, 0.4) is 0 Å². The highest BCUT2D eigenvalue weighted by Crippen LogP contribution is 2.44. The Morgan fingerprint density at radius 1 is 1.08 bits per heavy atom. The summed E-state index contributed by atoms with van der Waals surface area (Å²) in [5.41, 5.74) is 4.35. The van der Waals surface area contributed by atoms with E-state index in [2.05, 4.69) is 4.98 Å². The number of hydrogen-bond acceptors (Lipinski definition) is 3. The van der Waals surface area contributed by atoms with Gasteiger partial charge in [-0.2, -0.15) is 0 Å². The second-order valence-corrected chi connectivity index (χ2v) is 7.11. The summed E-state index contributed by atoms with van der Waals surface area (Å²) in [6.07, 6.45) is 6.01. The molecule has 0 radical (unpaired) electrons. The Hall–Kier alpha value is -2.59. The predicted molar refractivity (Wildman–Crippen MR) is 103 cm³/mol. The Balaban J connectivity index is 1.93. The number of aliphatic hydroxyl groups is 1. The van der Waals surface area contributed by atoms with Crippen molar-refractivity contribution in [3.63, 3.8) is 0 Å². The van der Waals surface area contributed by atoms with Crippen LogP contribution in [0.1, 0.15) is 53.9 Å². The van der Waals surface area contributed by atoms with E-state index < -0.39 is 6.61 Å². The van der Waals surface area contributed by atoms with Crippen LogP contribution in [0.15, 0.2) is 42.5 Å². The third-order valence-electron chi connectivity index (χ3n) is 5.49. The molecule has 1 aliphatic rings. The fraction of sp³-hybridized carbons (Fsp3) is 0.318. The minimum Gasteiger partial charge on any atom is -0.507 e. The van der Waals surface area contributed by atoms with Gasteiger partial charge in [0.2, 0.25) is 0 Å². The molecule has 1 fully saturated rings. The topological polar surface area (TPSA) is 73.3 Å². The number of aromatic nitrogens is 1. The van der Waals surface area contributed by atoms with E-state index in [0.29, 0.717) is 11.5 Å². The normalized spacial score (nSPS) is 15.4. The predicted octanol–water partition coefficient (Wildman–Crippen LogP) is 4.76. The van der Waals surface area contributed by atoms with E-state index >= 15 is 0 Å². The van der Waals surface area contributed by atoms with Gasteiger partial charge in [-0.05, 0) is 42.5 Å². The molecular formula is C22H23NO3. The van der Waals surface area contributed by atoms with Gasteiger partial charge in [-0.25, -0.2) is 0 Å². The van der Waals surface area contributed by atoms with Crippen molar-refractivity contribution in [1.82, 2.24) is 4.98 Å². The average molecular weight is 349 g/mol. The minimum atomic E-state index is -0.492. The van der Waals surface area contributed by atoms with E-state index in [1.54, 1.807) is 12.1 Å². The number of benzene rings is 2. The number of rotatable bonds is 4. The molecule has 0 saturated heterocycles. The Kier molecular flexibility index (Phi) is 4.51. The molecule has 3 N–H and O–H groups in total. The zero-order valence-corrected chi connectivity index (χ0v) is 14.7. The van der Waals surface area contributed by atoms with Crippen LogP contribution in [-0.2, 0) is 0 Å². The summed E-state index contributed by atoms with van der Waals surface area (Å²) in [4.78, 5) is 15.3. The summed E-state index contributed by atoms with van der Waals surface area (Å²) in [6, 6.07) is 12.9. The first-order chi connectivity index (χ1) is 12.7. The van der Waals surface area contributed by atoms with Gasteiger partial charge in [0, 0.05) is 22.0 Å². The number of Topliss-reactive ketones (excluding diaryl/α,β-unsaturated/α-hetero) is 1. The monoisotopic (exact) mass is 349 g/mol. The summed E-state index contributed by atoms with van der Waals surface area (Å²) >= 11 is 0. The van der Waals surface area contributed by atoms with Crippen molar-refractivity contribution in [2.45, 2.75) is 38.0 Å². The number of ketones is 1. The molecule has 1 saturated carbocycles. The van der Waals surface area contributed by atoms with E-state index in [-0.39, 0.29) is 11.5 Å². The van der Waals surface area contributed by atoms with E-state index in [0.717, 1.165) is 35.0 Å². The van der Waals surface area contributed by atoms with Crippen molar-refractivity contribution < 1.29 is 15.0 Å². The number of carbonyl (C=O) groups excluding carboxylic acids is 1. The lowest BCUT2D eigenvalue weighted by Gasteiger charge is -2.23. The van der Waals surface area contributed by atoms with Gasteiger partial charge in [-0.15, -0.1) is 0 Å². The Morgan fingerprint density at radius 2 is 1.85 bits per heavy atom. The van der Waals surface area contributed by atoms with Crippen LogP contribution >= 0.6 is 0 Å². The van der Waals surface area contributed by atoms with Crippen LogP contribution in [0.2, 0.25) is 0 Å². The molecule has 2 aromatic carbocycles. The van der Waals surface area contributed by atoms with Gasteiger partial charge in [0.15, 0.2) is 5.78 Å². The summed E-state index contributed by atoms with van der Waals surface area (Å²) < 4.78 is 0. The third kappa shape index (κ3) is 2.90. The SMILES string of the molecule is O=C(CO)c1ccc2c(C3CCCCC3)c(-c3ccccc3O)[nH]c2c1. The number of aliphatic hydroxyl groups excluding tert-OH is 1. The van der Waals surface area contributed by atoms with E-state index in [4.69, 9.17) is 5.11 Å². The maximum Gasteiger partial charge on any atom is 0.188 e. The highest BCUT2D eigenvalue weighted by Gasteiger charge is 2.25. The zero-order chi connectivity index (χ0) is 18.1. The van der Waals surface area contributed by atoms with Crippen molar-refractivity contribution in [2.75, 3.05) is 6.61 Å². The molecule has 0 spiro atoms. The van der Waals surface area contributed by atoms with E-state index in [9.17, 15) is 9.90 Å². The molecule has 4 heteroatoms. The second kappa shape index (κ2) is 6.96. The third-order valence-corrected chi connectivity index (χ3v) is 5.49. The molecule has 0 aliphatic heterocycles. The Labute approximate surface area is 152 Å². The minimum absolute atomic E-state index is 0.253. The molecule has 3 aromatic rings. The summed E-state index contributed by atoms with van der Waals surface area (Å²) in [6.45, 7) is -0.492. The van der Waals surface area contributed by atoms with Gasteiger partial charge in [-0.1, -0.05) is 43.5 Å². The molecule has 0 unspecified atom stereocenters. The van der Waals surface area contributed by atoms with E-state index in [1.165, 1.54) is 24.8 Å². The van der Waals surface area contributed by atoms with Crippen LogP contribution in [0, 0.1) is 0 Å². The van der Waals surface area contributed by atoms with Crippen molar-refractivity contribution >= 4 is 16.7 Å². The van der Waals surface area contributed by atoms with Crippen molar-refractivity contribution in [1.29, 1.82) is 0 Å². The molecule has 0 bridgehead atoms. The Morgan fingerprint density at radius 3 is 2.58 bits per heavy atom. The zero-order valence-electron chi connectivity index (χ0n) is 14.7. The van der Waals surface area contributed by atoms with Crippen molar-refractivity contribution in [3.05, 3.63) is 53.6 Å². The lowest BCUT2D eigenvalue weighted by molar-refractivity contribution is 0.0904. The molecule has 1 aromatic heterocycles. The molecule has 0 amide bonds.